The molecule has 0 aromatic heterocycles. The van der Waals surface area contributed by atoms with E-state index >= 15 is 0 Å². The largest absolute Gasteiger partial charge is 0.480 e. The number of carboxylic acids is 1. The van der Waals surface area contributed by atoms with E-state index in [1.807, 2.05) is 25.1 Å². The summed E-state index contributed by atoms with van der Waals surface area (Å²) in [6, 6.07) is 10.3. The lowest BCUT2D eigenvalue weighted by Crippen LogP contribution is -2.51. The molecule has 20 heavy (non-hydrogen) atoms. The predicted octanol–water partition coefficient (Wildman–Crippen LogP) is 3.54. The number of hydrogen-bond acceptors (Lipinski definition) is 3. The average Bonchev–Trinajstić information content (AvgIpc) is 2.44. The Labute approximate surface area is 126 Å². The summed E-state index contributed by atoms with van der Waals surface area (Å²) in [5, 5.41) is 12.9. The summed E-state index contributed by atoms with van der Waals surface area (Å²) in [6.45, 7) is 6.66. The zero-order valence-corrected chi connectivity index (χ0v) is 13.4. The average molecular weight is 295 g/mol. The summed E-state index contributed by atoms with van der Waals surface area (Å²) in [5.41, 5.74) is 0.446. The summed E-state index contributed by atoms with van der Waals surface area (Å²) in [4.78, 5) is 11.5. The molecular weight excluding hydrogens is 270 g/mol. The van der Waals surface area contributed by atoms with Gasteiger partial charge in [0, 0.05) is 11.0 Å². The standard InChI is InChI=1S/C16H25NO2S/c1-4-10-17-16(3,15(18)19)11-13(2)20-12-14-8-6-5-7-9-14/h5-9,13,17H,4,10-12H2,1-3H3,(H,18,19). The fourth-order valence-electron chi connectivity index (χ4n) is 2.08. The van der Waals surface area contributed by atoms with Crippen molar-refractivity contribution in [1.82, 2.24) is 5.32 Å². The van der Waals surface area contributed by atoms with E-state index in [0.717, 1.165) is 18.7 Å². The van der Waals surface area contributed by atoms with Gasteiger partial charge >= 0.3 is 5.97 Å². The highest BCUT2D eigenvalue weighted by Gasteiger charge is 2.33. The summed E-state index contributed by atoms with van der Waals surface area (Å²) < 4.78 is 0. The molecule has 0 fully saturated rings. The monoisotopic (exact) mass is 295 g/mol. The van der Waals surface area contributed by atoms with Crippen molar-refractivity contribution in [3.63, 3.8) is 0 Å². The van der Waals surface area contributed by atoms with E-state index < -0.39 is 11.5 Å². The van der Waals surface area contributed by atoms with Crippen molar-refractivity contribution in [2.45, 2.75) is 50.2 Å². The molecule has 3 nitrogen and oxygen atoms in total. The highest BCUT2D eigenvalue weighted by molar-refractivity contribution is 7.99. The molecule has 2 unspecified atom stereocenters. The van der Waals surface area contributed by atoms with Gasteiger partial charge in [-0.2, -0.15) is 11.8 Å². The van der Waals surface area contributed by atoms with Gasteiger partial charge in [0.2, 0.25) is 0 Å². The van der Waals surface area contributed by atoms with Crippen LogP contribution < -0.4 is 5.32 Å². The Hall–Kier alpha value is -1.00. The summed E-state index contributed by atoms with van der Waals surface area (Å²) in [7, 11) is 0. The molecule has 0 bridgehead atoms. The molecule has 0 radical (unpaired) electrons. The van der Waals surface area contributed by atoms with Crippen LogP contribution in [-0.4, -0.2) is 28.4 Å². The van der Waals surface area contributed by atoms with Gasteiger partial charge in [-0.05, 0) is 31.9 Å². The molecule has 0 amide bonds. The van der Waals surface area contributed by atoms with Gasteiger partial charge in [0.1, 0.15) is 5.54 Å². The molecule has 0 saturated heterocycles. The number of thioether (sulfide) groups is 1. The molecule has 0 heterocycles. The zero-order chi connectivity index (χ0) is 15.0. The van der Waals surface area contributed by atoms with Gasteiger partial charge in [0.15, 0.2) is 0 Å². The van der Waals surface area contributed by atoms with Gasteiger partial charge in [-0.3, -0.25) is 4.79 Å². The lowest BCUT2D eigenvalue weighted by molar-refractivity contribution is -0.144. The highest BCUT2D eigenvalue weighted by atomic mass is 32.2. The fraction of sp³-hybridized carbons (Fsp3) is 0.562. The zero-order valence-electron chi connectivity index (χ0n) is 12.6. The third-order valence-corrected chi connectivity index (χ3v) is 4.55. The number of carbonyl (C=O) groups is 1. The van der Waals surface area contributed by atoms with Gasteiger partial charge in [-0.15, -0.1) is 0 Å². The Morgan fingerprint density at radius 1 is 1.40 bits per heavy atom. The van der Waals surface area contributed by atoms with Crippen LogP contribution in [0.4, 0.5) is 0 Å². The van der Waals surface area contributed by atoms with Crippen LogP contribution in [-0.2, 0) is 10.5 Å². The quantitative estimate of drug-likeness (QED) is 0.731. The SMILES string of the molecule is CCCNC(C)(CC(C)SCc1ccccc1)C(=O)O. The van der Waals surface area contributed by atoms with Crippen LogP contribution in [0.2, 0.25) is 0 Å². The minimum Gasteiger partial charge on any atom is -0.480 e. The minimum atomic E-state index is -0.834. The second-order valence-corrected chi connectivity index (χ2v) is 6.80. The normalized spacial score (nSPS) is 15.6. The predicted molar refractivity (Wildman–Crippen MR) is 86.2 cm³/mol. The number of benzene rings is 1. The van der Waals surface area contributed by atoms with E-state index in [4.69, 9.17) is 0 Å². The van der Waals surface area contributed by atoms with Crippen molar-refractivity contribution in [2.75, 3.05) is 6.54 Å². The number of aliphatic carboxylic acids is 1. The van der Waals surface area contributed by atoms with E-state index in [-0.39, 0.29) is 0 Å². The first-order valence-electron chi connectivity index (χ1n) is 7.12. The molecule has 1 aromatic rings. The van der Waals surface area contributed by atoms with E-state index in [1.54, 1.807) is 18.7 Å². The number of nitrogens with one attached hydrogen (secondary N) is 1. The van der Waals surface area contributed by atoms with E-state index in [0.29, 0.717) is 11.7 Å². The van der Waals surface area contributed by atoms with Crippen LogP contribution in [0.5, 0.6) is 0 Å². The minimum absolute atomic E-state index is 0.292. The van der Waals surface area contributed by atoms with Crippen molar-refractivity contribution >= 4 is 17.7 Å². The van der Waals surface area contributed by atoms with Crippen molar-refractivity contribution in [2.24, 2.45) is 0 Å². The molecule has 112 valence electrons. The van der Waals surface area contributed by atoms with Crippen LogP contribution in [0, 0.1) is 0 Å². The number of rotatable bonds is 9. The Morgan fingerprint density at radius 2 is 2.05 bits per heavy atom. The second kappa shape index (κ2) is 8.32. The molecule has 0 spiro atoms. The summed E-state index contributed by atoms with van der Waals surface area (Å²) in [6.07, 6.45) is 1.56. The maximum atomic E-state index is 11.5. The lowest BCUT2D eigenvalue weighted by atomic mass is 9.96. The third-order valence-electron chi connectivity index (χ3n) is 3.31. The number of hydrogen-bond donors (Lipinski definition) is 2. The fourth-order valence-corrected chi connectivity index (χ4v) is 3.20. The van der Waals surface area contributed by atoms with E-state index in [2.05, 4.69) is 24.4 Å². The van der Waals surface area contributed by atoms with Crippen molar-refractivity contribution < 1.29 is 9.90 Å². The Bertz CT molecular complexity index is 410. The van der Waals surface area contributed by atoms with E-state index in [1.165, 1.54) is 5.56 Å². The second-order valence-electron chi connectivity index (χ2n) is 5.38. The van der Waals surface area contributed by atoms with Crippen LogP contribution in [0.3, 0.4) is 0 Å². The Balaban J connectivity index is 2.49. The molecule has 0 aliphatic heterocycles. The topological polar surface area (TPSA) is 49.3 Å². The smallest absolute Gasteiger partial charge is 0.323 e. The molecule has 0 saturated carbocycles. The third kappa shape index (κ3) is 5.55. The van der Waals surface area contributed by atoms with Crippen LogP contribution in [0.15, 0.2) is 30.3 Å². The van der Waals surface area contributed by atoms with Gasteiger partial charge in [0.25, 0.3) is 0 Å². The molecule has 1 rings (SSSR count). The molecule has 2 N–H and O–H groups in total. The van der Waals surface area contributed by atoms with Crippen LogP contribution in [0.25, 0.3) is 0 Å². The van der Waals surface area contributed by atoms with E-state index in [9.17, 15) is 9.90 Å². The number of carboxylic acid groups (broad SMARTS) is 1. The van der Waals surface area contributed by atoms with Crippen LogP contribution >= 0.6 is 11.8 Å². The maximum Gasteiger partial charge on any atom is 0.323 e. The molecule has 0 aliphatic rings. The molecule has 4 heteroatoms. The van der Waals surface area contributed by atoms with Gasteiger partial charge in [0.05, 0.1) is 0 Å². The van der Waals surface area contributed by atoms with Crippen LogP contribution in [0.1, 0.15) is 39.2 Å². The Kier molecular flexibility index (Phi) is 7.10. The van der Waals surface area contributed by atoms with Gasteiger partial charge in [-0.1, -0.05) is 44.2 Å². The first kappa shape index (κ1) is 17.1. The maximum absolute atomic E-state index is 11.5. The molecule has 0 aliphatic carbocycles. The highest BCUT2D eigenvalue weighted by Crippen LogP contribution is 2.25. The molecule has 1 aromatic carbocycles. The van der Waals surface area contributed by atoms with Crippen molar-refractivity contribution in [1.29, 1.82) is 0 Å². The Morgan fingerprint density at radius 3 is 2.60 bits per heavy atom. The lowest BCUT2D eigenvalue weighted by Gasteiger charge is -2.29. The van der Waals surface area contributed by atoms with Crippen molar-refractivity contribution in [3.8, 4) is 0 Å². The molecular formula is C16H25NO2S. The summed E-state index contributed by atoms with van der Waals surface area (Å²) >= 11 is 1.80. The van der Waals surface area contributed by atoms with Gasteiger partial charge < -0.3 is 10.4 Å². The summed E-state index contributed by atoms with van der Waals surface area (Å²) in [5.74, 6) is 0.156. The van der Waals surface area contributed by atoms with Crippen molar-refractivity contribution in [3.05, 3.63) is 35.9 Å². The molecule has 2 atom stereocenters. The first-order valence-corrected chi connectivity index (χ1v) is 8.16. The van der Waals surface area contributed by atoms with Gasteiger partial charge in [-0.25, -0.2) is 0 Å². The first-order chi connectivity index (χ1) is 9.48.